The van der Waals surface area contributed by atoms with Crippen LogP contribution in [-0.2, 0) is 11.3 Å². The van der Waals surface area contributed by atoms with E-state index >= 15 is 0 Å². The van der Waals surface area contributed by atoms with Crippen molar-refractivity contribution >= 4 is 33.7 Å². The molecule has 0 radical (unpaired) electrons. The molecule has 1 N–H and O–H groups in total. The Bertz CT molecular complexity index is 834. The SMILES string of the molecule is CN1CCN(c2cc(CNC(=O)C=Cc3cc(Br)ccc3F)ccn2)CC1. The van der Waals surface area contributed by atoms with Gasteiger partial charge in [-0.1, -0.05) is 15.9 Å². The summed E-state index contributed by atoms with van der Waals surface area (Å²) >= 11 is 3.29. The van der Waals surface area contributed by atoms with E-state index in [1.165, 1.54) is 18.2 Å². The van der Waals surface area contributed by atoms with Crippen molar-refractivity contribution in [3.05, 3.63) is 64.0 Å². The normalized spacial score (nSPS) is 15.3. The van der Waals surface area contributed by atoms with Crippen molar-refractivity contribution in [2.75, 3.05) is 38.1 Å². The third-order valence-corrected chi connectivity index (χ3v) is 4.97. The third-order valence-electron chi connectivity index (χ3n) is 4.48. The summed E-state index contributed by atoms with van der Waals surface area (Å²) in [4.78, 5) is 21.0. The molecule has 5 nitrogen and oxygen atoms in total. The lowest BCUT2D eigenvalue weighted by Crippen LogP contribution is -2.44. The Morgan fingerprint density at radius 1 is 1.26 bits per heavy atom. The lowest BCUT2D eigenvalue weighted by atomic mass is 10.2. The van der Waals surface area contributed by atoms with Gasteiger partial charge in [0.05, 0.1) is 0 Å². The molecule has 1 aromatic carbocycles. The Hall–Kier alpha value is -2.25. The van der Waals surface area contributed by atoms with Crippen molar-refractivity contribution < 1.29 is 9.18 Å². The first-order valence-electron chi connectivity index (χ1n) is 8.80. The highest BCUT2D eigenvalue weighted by Gasteiger charge is 2.15. The van der Waals surface area contributed by atoms with E-state index in [9.17, 15) is 9.18 Å². The number of carbonyl (C=O) groups excluding carboxylic acids is 1. The van der Waals surface area contributed by atoms with E-state index in [4.69, 9.17) is 0 Å². The fourth-order valence-electron chi connectivity index (χ4n) is 2.83. The second kappa shape index (κ2) is 9.10. The maximum atomic E-state index is 13.7. The van der Waals surface area contributed by atoms with Gasteiger partial charge in [0.2, 0.25) is 5.91 Å². The molecule has 0 saturated carbocycles. The van der Waals surface area contributed by atoms with Crippen LogP contribution in [0.3, 0.4) is 0 Å². The second-order valence-electron chi connectivity index (χ2n) is 6.53. The van der Waals surface area contributed by atoms with Gasteiger partial charge in [0.25, 0.3) is 0 Å². The minimum Gasteiger partial charge on any atom is -0.354 e. The highest BCUT2D eigenvalue weighted by Crippen LogP contribution is 2.17. The van der Waals surface area contributed by atoms with E-state index in [0.29, 0.717) is 12.1 Å². The van der Waals surface area contributed by atoms with Gasteiger partial charge in [-0.3, -0.25) is 4.79 Å². The molecule has 3 rings (SSSR count). The third kappa shape index (κ3) is 5.61. The number of halogens is 2. The molecule has 0 spiro atoms. The standard InChI is InChI=1S/C20H22BrFN4O/c1-25-8-10-26(11-9-25)19-12-15(6-7-23-19)14-24-20(27)5-2-16-13-17(21)3-4-18(16)22/h2-7,12-13H,8-11,14H2,1H3,(H,24,27). The number of pyridine rings is 1. The van der Waals surface area contributed by atoms with E-state index in [0.717, 1.165) is 42.0 Å². The summed E-state index contributed by atoms with van der Waals surface area (Å²) in [6.07, 6.45) is 4.58. The van der Waals surface area contributed by atoms with Crippen molar-refractivity contribution in [1.82, 2.24) is 15.2 Å². The highest BCUT2D eigenvalue weighted by atomic mass is 79.9. The van der Waals surface area contributed by atoms with Crippen molar-refractivity contribution in [3.8, 4) is 0 Å². The molecule has 1 fully saturated rings. The minimum atomic E-state index is -0.367. The number of amides is 1. The molecule has 2 heterocycles. The Balaban J connectivity index is 1.56. The van der Waals surface area contributed by atoms with Gasteiger partial charge in [-0.25, -0.2) is 9.37 Å². The largest absolute Gasteiger partial charge is 0.354 e. The number of nitrogens with zero attached hydrogens (tertiary/aromatic N) is 3. The number of benzene rings is 1. The Morgan fingerprint density at radius 2 is 2.04 bits per heavy atom. The molecule has 1 saturated heterocycles. The van der Waals surface area contributed by atoms with Crippen LogP contribution in [0.1, 0.15) is 11.1 Å². The first-order valence-corrected chi connectivity index (χ1v) is 9.60. The Morgan fingerprint density at radius 3 is 2.81 bits per heavy atom. The van der Waals surface area contributed by atoms with E-state index < -0.39 is 0 Å². The highest BCUT2D eigenvalue weighted by molar-refractivity contribution is 9.10. The fourth-order valence-corrected chi connectivity index (χ4v) is 3.21. The minimum absolute atomic E-state index is 0.271. The van der Waals surface area contributed by atoms with Gasteiger partial charge in [0.1, 0.15) is 11.6 Å². The molecular formula is C20H22BrFN4O. The predicted octanol–water partition coefficient (Wildman–Crippen LogP) is 3.06. The summed E-state index contributed by atoms with van der Waals surface area (Å²) in [5.74, 6) is 0.294. The summed E-state index contributed by atoms with van der Waals surface area (Å²) in [7, 11) is 2.12. The van der Waals surface area contributed by atoms with Crippen LogP contribution in [0, 0.1) is 5.82 Å². The zero-order valence-corrected chi connectivity index (χ0v) is 16.7. The quantitative estimate of drug-likeness (QED) is 0.737. The van der Waals surface area contributed by atoms with Gasteiger partial charge >= 0.3 is 0 Å². The van der Waals surface area contributed by atoms with Crippen LogP contribution >= 0.6 is 15.9 Å². The average Bonchev–Trinajstić information content (AvgIpc) is 2.68. The topological polar surface area (TPSA) is 48.5 Å². The molecule has 0 aliphatic carbocycles. The molecule has 27 heavy (non-hydrogen) atoms. The van der Waals surface area contributed by atoms with Crippen LogP contribution in [-0.4, -0.2) is 49.0 Å². The Labute approximate surface area is 167 Å². The van der Waals surface area contributed by atoms with Gasteiger partial charge in [-0.05, 0) is 49.0 Å². The summed E-state index contributed by atoms with van der Waals surface area (Å²) in [6, 6.07) is 8.50. The Kier molecular flexibility index (Phi) is 6.58. The summed E-state index contributed by atoms with van der Waals surface area (Å²) in [5, 5.41) is 2.83. The zero-order chi connectivity index (χ0) is 19.2. The van der Waals surface area contributed by atoms with Gasteiger partial charge in [0, 0.05) is 55.0 Å². The first kappa shape index (κ1) is 19.5. The van der Waals surface area contributed by atoms with Crippen LogP contribution in [0.5, 0.6) is 0 Å². The lowest BCUT2D eigenvalue weighted by molar-refractivity contribution is -0.116. The molecule has 1 aliphatic rings. The van der Waals surface area contributed by atoms with Crippen LogP contribution in [0.4, 0.5) is 10.2 Å². The van der Waals surface area contributed by atoms with Gasteiger partial charge in [-0.2, -0.15) is 0 Å². The summed E-state index contributed by atoms with van der Waals surface area (Å²) in [5.41, 5.74) is 1.34. The smallest absolute Gasteiger partial charge is 0.244 e. The summed E-state index contributed by atoms with van der Waals surface area (Å²) < 4.78 is 14.5. The number of piperazine rings is 1. The number of anilines is 1. The monoisotopic (exact) mass is 432 g/mol. The van der Waals surface area contributed by atoms with E-state index in [2.05, 4.69) is 43.1 Å². The molecular weight excluding hydrogens is 411 g/mol. The fraction of sp³-hybridized carbons (Fsp3) is 0.300. The average molecular weight is 433 g/mol. The zero-order valence-electron chi connectivity index (χ0n) is 15.2. The van der Waals surface area contributed by atoms with Crippen LogP contribution in [0.25, 0.3) is 6.08 Å². The van der Waals surface area contributed by atoms with Crippen molar-refractivity contribution in [2.45, 2.75) is 6.54 Å². The molecule has 2 aromatic rings. The molecule has 1 aromatic heterocycles. The number of likely N-dealkylation sites (N-methyl/N-ethyl adjacent to an activating group) is 1. The van der Waals surface area contributed by atoms with Crippen molar-refractivity contribution in [3.63, 3.8) is 0 Å². The maximum Gasteiger partial charge on any atom is 0.244 e. The van der Waals surface area contributed by atoms with E-state index in [1.807, 2.05) is 12.1 Å². The molecule has 7 heteroatoms. The maximum absolute atomic E-state index is 13.7. The van der Waals surface area contributed by atoms with Crippen molar-refractivity contribution in [1.29, 1.82) is 0 Å². The molecule has 0 atom stereocenters. The number of hydrogen-bond donors (Lipinski definition) is 1. The lowest BCUT2D eigenvalue weighted by Gasteiger charge is -2.33. The van der Waals surface area contributed by atoms with Gasteiger partial charge in [-0.15, -0.1) is 0 Å². The van der Waals surface area contributed by atoms with Crippen molar-refractivity contribution in [2.24, 2.45) is 0 Å². The predicted molar refractivity (Wildman–Crippen MR) is 109 cm³/mol. The summed E-state index contributed by atoms with van der Waals surface area (Å²) in [6.45, 7) is 4.31. The first-order chi connectivity index (χ1) is 13.0. The van der Waals surface area contributed by atoms with Crippen LogP contribution in [0.2, 0.25) is 0 Å². The van der Waals surface area contributed by atoms with E-state index in [-0.39, 0.29) is 11.7 Å². The molecule has 0 bridgehead atoms. The number of nitrogens with one attached hydrogen (secondary N) is 1. The van der Waals surface area contributed by atoms with Gasteiger partial charge in [0.15, 0.2) is 0 Å². The van der Waals surface area contributed by atoms with Crippen LogP contribution in [0.15, 0.2) is 47.1 Å². The number of hydrogen-bond acceptors (Lipinski definition) is 4. The van der Waals surface area contributed by atoms with E-state index in [1.54, 1.807) is 18.3 Å². The number of aromatic nitrogens is 1. The molecule has 1 aliphatic heterocycles. The molecule has 142 valence electrons. The number of rotatable bonds is 5. The second-order valence-corrected chi connectivity index (χ2v) is 7.45. The molecule has 0 unspecified atom stereocenters. The molecule has 1 amide bonds. The van der Waals surface area contributed by atoms with Crippen LogP contribution < -0.4 is 10.2 Å². The number of carbonyl (C=O) groups is 1. The van der Waals surface area contributed by atoms with Gasteiger partial charge < -0.3 is 15.1 Å².